The van der Waals surface area contributed by atoms with Gasteiger partial charge in [-0.05, 0) is 24.1 Å². The van der Waals surface area contributed by atoms with Crippen LogP contribution in [0.5, 0.6) is 0 Å². The summed E-state index contributed by atoms with van der Waals surface area (Å²) in [5.41, 5.74) is 0.982. The van der Waals surface area contributed by atoms with E-state index in [-0.39, 0.29) is 11.7 Å². The summed E-state index contributed by atoms with van der Waals surface area (Å²) in [6.45, 7) is 4.73. The highest BCUT2D eigenvalue weighted by atomic mass is 19.1. The normalized spacial score (nSPS) is 15.6. The lowest BCUT2D eigenvalue weighted by molar-refractivity contribution is -0.133. The Kier molecular flexibility index (Phi) is 5.59. The lowest BCUT2D eigenvalue weighted by Gasteiger charge is -2.34. The van der Waals surface area contributed by atoms with Gasteiger partial charge in [0.2, 0.25) is 5.91 Å². The fourth-order valence-corrected chi connectivity index (χ4v) is 3.04. The molecule has 0 saturated carbocycles. The molecule has 3 rings (SSSR count). The Bertz CT molecular complexity index is 651. The molecule has 2 heterocycles. The molecule has 0 N–H and O–H groups in total. The van der Waals surface area contributed by atoms with Gasteiger partial charge < -0.3 is 9.47 Å². The number of benzene rings is 1. The van der Waals surface area contributed by atoms with Crippen molar-refractivity contribution in [1.82, 2.24) is 19.4 Å². The van der Waals surface area contributed by atoms with Crippen LogP contribution in [0.3, 0.4) is 0 Å². The first kappa shape index (κ1) is 16.6. The SMILES string of the molecule is O=C(CCCn1ccnc1)N1CCN(Cc2cccc(F)c2)CC1. The Balaban J connectivity index is 1.38. The lowest BCUT2D eigenvalue weighted by Crippen LogP contribution is -2.48. The van der Waals surface area contributed by atoms with E-state index in [0.717, 1.165) is 51.3 Å². The van der Waals surface area contributed by atoms with Crippen LogP contribution in [0.25, 0.3) is 0 Å². The molecule has 0 atom stereocenters. The van der Waals surface area contributed by atoms with E-state index in [9.17, 15) is 9.18 Å². The number of carbonyl (C=O) groups is 1. The highest BCUT2D eigenvalue weighted by molar-refractivity contribution is 5.76. The molecule has 1 aromatic carbocycles. The maximum absolute atomic E-state index is 13.2. The number of hydrogen-bond acceptors (Lipinski definition) is 3. The molecule has 0 bridgehead atoms. The zero-order valence-electron chi connectivity index (χ0n) is 13.8. The number of amides is 1. The number of nitrogens with zero attached hydrogens (tertiary/aromatic N) is 4. The molecule has 0 spiro atoms. The fraction of sp³-hybridized carbons (Fsp3) is 0.444. The van der Waals surface area contributed by atoms with Gasteiger partial charge in [0.1, 0.15) is 5.82 Å². The van der Waals surface area contributed by atoms with Crippen molar-refractivity contribution >= 4 is 5.91 Å². The highest BCUT2D eigenvalue weighted by Crippen LogP contribution is 2.11. The number of halogens is 1. The predicted molar refractivity (Wildman–Crippen MR) is 89.7 cm³/mol. The van der Waals surface area contributed by atoms with Crippen molar-refractivity contribution in [1.29, 1.82) is 0 Å². The number of imidazole rings is 1. The van der Waals surface area contributed by atoms with E-state index >= 15 is 0 Å². The Labute approximate surface area is 141 Å². The van der Waals surface area contributed by atoms with Gasteiger partial charge in [-0.1, -0.05) is 12.1 Å². The maximum Gasteiger partial charge on any atom is 0.222 e. The predicted octanol–water partition coefficient (Wildman–Crippen LogP) is 2.15. The van der Waals surface area contributed by atoms with Crippen molar-refractivity contribution in [3.8, 4) is 0 Å². The van der Waals surface area contributed by atoms with Crippen LogP contribution in [0.2, 0.25) is 0 Å². The van der Waals surface area contributed by atoms with Gasteiger partial charge in [0.05, 0.1) is 6.33 Å². The molecule has 0 unspecified atom stereocenters. The van der Waals surface area contributed by atoms with Crippen LogP contribution in [-0.2, 0) is 17.9 Å². The van der Waals surface area contributed by atoms with E-state index in [0.29, 0.717) is 6.42 Å². The van der Waals surface area contributed by atoms with Gasteiger partial charge in [0.25, 0.3) is 0 Å². The van der Waals surface area contributed by atoms with Crippen molar-refractivity contribution in [3.05, 3.63) is 54.4 Å². The van der Waals surface area contributed by atoms with E-state index in [2.05, 4.69) is 9.88 Å². The number of aryl methyl sites for hydroxylation is 1. The molecular weight excluding hydrogens is 307 g/mol. The zero-order valence-corrected chi connectivity index (χ0v) is 13.8. The number of piperazine rings is 1. The van der Waals surface area contributed by atoms with E-state index in [1.165, 1.54) is 6.07 Å². The van der Waals surface area contributed by atoms with Crippen molar-refractivity contribution < 1.29 is 9.18 Å². The third-order valence-corrected chi connectivity index (χ3v) is 4.39. The van der Waals surface area contributed by atoms with Gasteiger partial charge >= 0.3 is 0 Å². The van der Waals surface area contributed by atoms with Gasteiger partial charge in [-0.25, -0.2) is 9.37 Å². The minimum absolute atomic E-state index is 0.195. The van der Waals surface area contributed by atoms with Crippen molar-refractivity contribution in [2.75, 3.05) is 26.2 Å². The molecule has 24 heavy (non-hydrogen) atoms. The highest BCUT2D eigenvalue weighted by Gasteiger charge is 2.20. The van der Waals surface area contributed by atoms with Crippen molar-refractivity contribution in [2.45, 2.75) is 25.9 Å². The number of hydrogen-bond donors (Lipinski definition) is 0. The van der Waals surface area contributed by atoms with Crippen LogP contribution in [-0.4, -0.2) is 51.4 Å². The van der Waals surface area contributed by atoms with E-state index in [4.69, 9.17) is 0 Å². The topological polar surface area (TPSA) is 41.4 Å². The van der Waals surface area contributed by atoms with Crippen LogP contribution in [0.15, 0.2) is 43.0 Å². The molecule has 0 aliphatic carbocycles. The summed E-state index contributed by atoms with van der Waals surface area (Å²) in [6, 6.07) is 6.72. The monoisotopic (exact) mass is 330 g/mol. The summed E-state index contributed by atoms with van der Waals surface area (Å²) in [6.07, 6.45) is 6.84. The van der Waals surface area contributed by atoms with Gasteiger partial charge in [-0.15, -0.1) is 0 Å². The second-order valence-corrected chi connectivity index (χ2v) is 6.19. The second kappa shape index (κ2) is 8.06. The zero-order chi connectivity index (χ0) is 16.8. The molecule has 2 aromatic rings. The van der Waals surface area contributed by atoms with Crippen LogP contribution in [0.4, 0.5) is 4.39 Å². The summed E-state index contributed by atoms with van der Waals surface area (Å²) in [5, 5.41) is 0. The number of carbonyl (C=O) groups excluding carboxylic acids is 1. The number of rotatable bonds is 6. The largest absolute Gasteiger partial charge is 0.340 e. The summed E-state index contributed by atoms with van der Waals surface area (Å²) in [7, 11) is 0. The lowest BCUT2D eigenvalue weighted by atomic mass is 10.2. The van der Waals surface area contributed by atoms with Crippen molar-refractivity contribution in [3.63, 3.8) is 0 Å². The van der Waals surface area contributed by atoms with Crippen LogP contribution in [0, 0.1) is 5.82 Å². The molecule has 6 heteroatoms. The maximum atomic E-state index is 13.2. The van der Waals surface area contributed by atoms with Gasteiger partial charge in [0, 0.05) is 58.1 Å². The molecule has 0 radical (unpaired) electrons. The van der Waals surface area contributed by atoms with Crippen LogP contribution < -0.4 is 0 Å². The minimum Gasteiger partial charge on any atom is -0.340 e. The van der Waals surface area contributed by atoms with Gasteiger partial charge in [0.15, 0.2) is 0 Å². The molecule has 1 fully saturated rings. The standard InChI is InChI=1S/C18H23FN4O/c19-17-4-1-3-16(13-17)14-21-9-11-23(12-10-21)18(24)5-2-7-22-8-6-20-15-22/h1,3-4,6,8,13,15H,2,5,7,9-12,14H2. The van der Waals surface area contributed by atoms with E-state index < -0.39 is 0 Å². The van der Waals surface area contributed by atoms with E-state index in [1.54, 1.807) is 24.7 Å². The first-order valence-electron chi connectivity index (χ1n) is 8.41. The van der Waals surface area contributed by atoms with Crippen LogP contribution in [0.1, 0.15) is 18.4 Å². The smallest absolute Gasteiger partial charge is 0.222 e. The molecule has 1 amide bonds. The van der Waals surface area contributed by atoms with Crippen molar-refractivity contribution in [2.24, 2.45) is 0 Å². The average molecular weight is 330 g/mol. The fourth-order valence-electron chi connectivity index (χ4n) is 3.04. The quantitative estimate of drug-likeness (QED) is 0.815. The van der Waals surface area contributed by atoms with Gasteiger partial charge in [-0.2, -0.15) is 0 Å². The molecule has 1 saturated heterocycles. The Morgan fingerprint density at radius 2 is 2.04 bits per heavy atom. The second-order valence-electron chi connectivity index (χ2n) is 6.19. The molecule has 5 nitrogen and oxygen atoms in total. The Morgan fingerprint density at radius 1 is 1.21 bits per heavy atom. The van der Waals surface area contributed by atoms with Crippen LogP contribution >= 0.6 is 0 Å². The third-order valence-electron chi connectivity index (χ3n) is 4.39. The molecule has 128 valence electrons. The van der Waals surface area contributed by atoms with E-state index in [1.807, 2.05) is 21.7 Å². The minimum atomic E-state index is -0.195. The van der Waals surface area contributed by atoms with Gasteiger partial charge in [-0.3, -0.25) is 9.69 Å². The molecule has 1 aliphatic rings. The molecule has 1 aliphatic heterocycles. The third kappa shape index (κ3) is 4.64. The summed E-state index contributed by atoms with van der Waals surface area (Å²) in [4.78, 5) is 20.5. The summed E-state index contributed by atoms with van der Waals surface area (Å²) < 4.78 is 15.2. The average Bonchev–Trinajstić information content (AvgIpc) is 3.09. The Hall–Kier alpha value is -2.21. The summed E-state index contributed by atoms with van der Waals surface area (Å²) in [5.74, 6) is 0.0275. The first-order chi connectivity index (χ1) is 11.7. The summed E-state index contributed by atoms with van der Waals surface area (Å²) >= 11 is 0. The first-order valence-corrected chi connectivity index (χ1v) is 8.41. The number of aromatic nitrogens is 2. The molecular formula is C18H23FN4O. The Morgan fingerprint density at radius 3 is 2.75 bits per heavy atom. The molecule has 1 aromatic heterocycles.